The first-order chi connectivity index (χ1) is 18.2. The molecule has 0 radical (unpaired) electrons. The highest BCUT2D eigenvalue weighted by molar-refractivity contribution is 5.80. The highest BCUT2D eigenvalue weighted by atomic mass is 16.7. The van der Waals surface area contributed by atoms with Crippen LogP contribution in [0.1, 0.15) is 37.5 Å². The van der Waals surface area contributed by atoms with Crippen LogP contribution in [0.25, 0.3) is 0 Å². The average Bonchev–Trinajstić information content (AvgIpc) is 2.92. The van der Waals surface area contributed by atoms with Gasteiger partial charge >= 0.3 is 17.9 Å². The average molecular weight is 518 g/mol. The second kappa shape index (κ2) is 14.1. The van der Waals surface area contributed by atoms with Gasteiger partial charge in [0.05, 0.1) is 5.41 Å². The van der Waals surface area contributed by atoms with Crippen molar-refractivity contribution in [1.82, 2.24) is 5.32 Å². The Morgan fingerprint density at radius 3 is 1.50 bits per heavy atom. The second-order valence-electron chi connectivity index (χ2n) is 10.0. The van der Waals surface area contributed by atoms with Crippen molar-refractivity contribution >= 4 is 17.9 Å². The molecule has 0 amide bonds. The largest absolute Gasteiger partial charge is 0.460 e. The van der Waals surface area contributed by atoms with E-state index in [1.807, 2.05) is 91.0 Å². The molecule has 2 atom stereocenters. The minimum Gasteiger partial charge on any atom is -0.460 e. The van der Waals surface area contributed by atoms with Crippen molar-refractivity contribution < 1.29 is 28.6 Å². The molecule has 200 valence electrons. The molecule has 0 bridgehead atoms. The summed E-state index contributed by atoms with van der Waals surface area (Å²) in [6.07, 6.45) is 0.580. The first-order valence-electron chi connectivity index (χ1n) is 12.6. The number of carbonyl (C=O) groups excluding carboxylic acids is 3. The number of ether oxygens (including phenoxy) is 3. The molecule has 0 aliphatic carbocycles. The Hall–Kier alpha value is -3.97. The molecule has 0 aromatic heterocycles. The van der Waals surface area contributed by atoms with E-state index >= 15 is 0 Å². The van der Waals surface area contributed by atoms with Gasteiger partial charge in [-0.15, -0.1) is 0 Å². The molecule has 3 rings (SSSR count). The molecule has 0 aliphatic heterocycles. The summed E-state index contributed by atoms with van der Waals surface area (Å²) in [4.78, 5) is 38.5. The highest BCUT2D eigenvalue weighted by Gasteiger charge is 2.30. The summed E-state index contributed by atoms with van der Waals surface area (Å²) in [5.74, 6) is -1.60. The van der Waals surface area contributed by atoms with Crippen molar-refractivity contribution in [2.45, 2.75) is 52.3 Å². The van der Waals surface area contributed by atoms with Crippen LogP contribution in [0.2, 0.25) is 0 Å². The second-order valence-corrected chi connectivity index (χ2v) is 10.0. The SMILES string of the molecule is CC(C)(C)C(=O)OCOC(=O)[C@H](Cc1ccccc1)N[C@@H](Cc1ccccc1)C(=O)OCc1ccccc1. The van der Waals surface area contributed by atoms with E-state index in [9.17, 15) is 14.4 Å². The summed E-state index contributed by atoms with van der Waals surface area (Å²) in [6.45, 7) is 4.75. The van der Waals surface area contributed by atoms with E-state index in [1.165, 1.54) is 0 Å². The first kappa shape index (κ1) is 28.6. The lowest BCUT2D eigenvalue weighted by molar-refractivity contribution is -0.174. The fraction of sp³-hybridized carbons (Fsp3) is 0.323. The maximum absolute atomic E-state index is 13.2. The Kier molecular flexibility index (Phi) is 10.6. The summed E-state index contributed by atoms with van der Waals surface area (Å²) in [5.41, 5.74) is 1.93. The third kappa shape index (κ3) is 9.48. The smallest absolute Gasteiger partial charge is 0.326 e. The standard InChI is InChI=1S/C31H35NO6/c1-31(2,3)30(35)38-22-37-29(34)27(20-24-15-9-5-10-16-24)32-26(19-23-13-7-4-8-14-23)28(33)36-21-25-17-11-6-12-18-25/h4-18,26-27,32H,19-22H2,1-3H3/t26-,27-/m0/s1. The van der Waals surface area contributed by atoms with Gasteiger partial charge in [-0.3, -0.25) is 19.7 Å². The lowest BCUT2D eigenvalue weighted by Gasteiger charge is -2.24. The molecule has 38 heavy (non-hydrogen) atoms. The Morgan fingerprint density at radius 1 is 0.632 bits per heavy atom. The summed E-state index contributed by atoms with van der Waals surface area (Å²) in [5, 5.41) is 3.17. The van der Waals surface area contributed by atoms with Crippen LogP contribution in [0, 0.1) is 5.41 Å². The van der Waals surface area contributed by atoms with Crippen LogP contribution >= 0.6 is 0 Å². The molecule has 0 aliphatic rings. The molecule has 0 heterocycles. The predicted molar refractivity (Wildman–Crippen MR) is 144 cm³/mol. The van der Waals surface area contributed by atoms with E-state index in [0.717, 1.165) is 16.7 Å². The van der Waals surface area contributed by atoms with Gasteiger partial charge in [0.1, 0.15) is 18.7 Å². The maximum atomic E-state index is 13.2. The monoisotopic (exact) mass is 517 g/mol. The van der Waals surface area contributed by atoms with E-state index in [1.54, 1.807) is 20.8 Å². The molecule has 0 saturated heterocycles. The highest BCUT2D eigenvalue weighted by Crippen LogP contribution is 2.15. The van der Waals surface area contributed by atoms with Crippen molar-refractivity contribution in [2.75, 3.05) is 6.79 Å². The number of benzene rings is 3. The Morgan fingerprint density at radius 2 is 1.05 bits per heavy atom. The number of nitrogens with one attached hydrogen (secondary N) is 1. The van der Waals surface area contributed by atoms with Crippen molar-refractivity contribution in [2.24, 2.45) is 5.41 Å². The molecule has 0 saturated carbocycles. The van der Waals surface area contributed by atoms with E-state index < -0.39 is 42.2 Å². The van der Waals surface area contributed by atoms with Gasteiger partial charge in [-0.2, -0.15) is 0 Å². The molecule has 7 nitrogen and oxygen atoms in total. The number of rotatable bonds is 12. The van der Waals surface area contributed by atoms with Gasteiger partial charge in [0.15, 0.2) is 0 Å². The topological polar surface area (TPSA) is 90.9 Å². The lowest BCUT2D eigenvalue weighted by atomic mass is 9.98. The van der Waals surface area contributed by atoms with Crippen molar-refractivity contribution in [1.29, 1.82) is 0 Å². The first-order valence-corrected chi connectivity index (χ1v) is 12.6. The molecule has 3 aromatic rings. The number of hydrogen-bond donors (Lipinski definition) is 1. The van der Waals surface area contributed by atoms with Gasteiger partial charge in [-0.25, -0.2) is 0 Å². The quantitative estimate of drug-likeness (QED) is 0.277. The zero-order valence-corrected chi connectivity index (χ0v) is 22.1. The lowest BCUT2D eigenvalue weighted by Crippen LogP contribution is -2.50. The fourth-order valence-corrected chi connectivity index (χ4v) is 3.65. The van der Waals surface area contributed by atoms with E-state index in [0.29, 0.717) is 6.42 Å². The normalized spacial score (nSPS) is 12.7. The minimum atomic E-state index is -0.885. The summed E-state index contributed by atoms with van der Waals surface area (Å²) in [6, 6.07) is 26.6. The fourth-order valence-electron chi connectivity index (χ4n) is 3.65. The van der Waals surface area contributed by atoms with Crippen LogP contribution in [-0.2, 0) is 48.0 Å². The van der Waals surface area contributed by atoms with Crippen LogP contribution < -0.4 is 5.32 Å². The van der Waals surface area contributed by atoms with E-state index in [-0.39, 0.29) is 13.0 Å². The van der Waals surface area contributed by atoms with Crippen molar-refractivity contribution in [3.05, 3.63) is 108 Å². The minimum absolute atomic E-state index is 0.114. The maximum Gasteiger partial charge on any atom is 0.326 e. The van der Waals surface area contributed by atoms with Crippen LogP contribution in [0.15, 0.2) is 91.0 Å². The Bertz CT molecular complexity index is 1160. The molecule has 0 unspecified atom stereocenters. The zero-order chi connectivity index (χ0) is 27.4. The number of carbonyl (C=O) groups is 3. The summed E-state index contributed by atoms with van der Waals surface area (Å²) >= 11 is 0. The van der Waals surface area contributed by atoms with Crippen LogP contribution in [0.5, 0.6) is 0 Å². The van der Waals surface area contributed by atoms with Gasteiger partial charge in [0.25, 0.3) is 0 Å². The van der Waals surface area contributed by atoms with E-state index in [4.69, 9.17) is 14.2 Å². The molecule has 1 N–H and O–H groups in total. The van der Waals surface area contributed by atoms with Crippen LogP contribution in [0.3, 0.4) is 0 Å². The molecular weight excluding hydrogens is 482 g/mol. The molecule has 3 aromatic carbocycles. The van der Waals surface area contributed by atoms with Gasteiger partial charge in [0, 0.05) is 0 Å². The van der Waals surface area contributed by atoms with Crippen LogP contribution in [-0.4, -0.2) is 36.8 Å². The van der Waals surface area contributed by atoms with Gasteiger partial charge in [0.2, 0.25) is 6.79 Å². The van der Waals surface area contributed by atoms with E-state index in [2.05, 4.69) is 5.32 Å². The predicted octanol–water partition coefficient (Wildman–Crippen LogP) is 4.63. The third-order valence-electron chi connectivity index (χ3n) is 5.76. The third-order valence-corrected chi connectivity index (χ3v) is 5.76. The zero-order valence-electron chi connectivity index (χ0n) is 22.1. The molecular formula is C31H35NO6. The van der Waals surface area contributed by atoms with Crippen LogP contribution in [0.4, 0.5) is 0 Å². The Balaban J connectivity index is 1.76. The number of esters is 3. The summed E-state index contributed by atoms with van der Waals surface area (Å²) < 4.78 is 16.0. The number of hydrogen-bond acceptors (Lipinski definition) is 7. The van der Waals surface area contributed by atoms with Gasteiger partial charge in [-0.1, -0.05) is 91.0 Å². The summed E-state index contributed by atoms with van der Waals surface area (Å²) in [7, 11) is 0. The van der Waals surface area contributed by atoms with Gasteiger partial charge < -0.3 is 14.2 Å². The molecule has 0 fully saturated rings. The van der Waals surface area contributed by atoms with Crippen molar-refractivity contribution in [3.63, 3.8) is 0 Å². The molecule has 0 spiro atoms. The Labute approximate surface area is 224 Å². The molecule has 7 heteroatoms. The van der Waals surface area contributed by atoms with Gasteiger partial charge in [-0.05, 0) is 50.3 Å². The van der Waals surface area contributed by atoms with Crippen molar-refractivity contribution in [3.8, 4) is 0 Å².